The Kier molecular flexibility index (Phi) is 5.20. The second kappa shape index (κ2) is 6.43. The third kappa shape index (κ3) is 4.40. The standard InChI is InChI=1S/C13H15F3N2/c1-2-3-7-12(18-17)9-10-5-4-6-11(8-10)13(14,15)16/h1,4-6,8,12,18H,3,7,9,17H2. The van der Waals surface area contributed by atoms with Crippen molar-refractivity contribution in [3.05, 3.63) is 35.4 Å². The first-order valence-corrected chi connectivity index (χ1v) is 5.53. The zero-order chi connectivity index (χ0) is 13.6. The number of benzene rings is 1. The minimum Gasteiger partial charge on any atom is -0.271 e. The average molecular weight is 256 g/mol. The number of terminal acetylenes is 1. The smallest absolute Gasteiger partial charge is 0.271 e. The van der Waals surface area contributed by atoms with Gasteiger partial charge in [-0.25, -0.2) is 0 Å². The van der Waals surface area contributed by atoms with Crippen LogP contribution in [0.3, 0.4) is 0 Å². The fourth-order valence-corrected chi connectivity index (χ4v) is 1.66. The van der Waals surface area contributed by atoms with E-state index in [0.29, 0.717) is 24.8 Å². The van der Waals surface area contributed by atoms with Crippen molar-refractivity contribution in [2.75, 3.05) is 0 Å². The maximum absolute atomic E-state index is 12.5. The topological polar surface area (TPSA) is 38.0 Å². The molecule has 0 saturated carbocycles. The summed E-state index contributed by atoms with van der Waals surface area (Å²) in [6, 6.07) is 5.11. The number of alkyl halides is 3. The summed E-state index contributed by atoms with van der Waals surface area (Å²) in [5, 5.41) is 0. The van der Waals surface area contributed by atoms with Crippen molar-refractivity contribution in [3.8, 4) is 12.3 Å². The Bertz CT molecular complexity index is 421. The molecule has 0 aliphatic heterocycles. The van der Waals surface area contributed by atoms with Gasteiger partial charge in [-0.1, -0.05) is 18.2 Å². The summed E-state index contributed by atoms with van der Waals surface area (Å²) in [6.45, 7) is 0. The number of nitrogens with one attached hydrogen (secondary N) is 1. The molecule has 1 aromatic rings. The highest BCUT2D eigenvalue weighted by Gasteiger charge is 2.30. The maximum atomic E-state index is 12.5. The zero-order valence-corrected chi connectivity index (χ0v) is 9.80. The van der Waals surface area contributed by atoms with E-state index >= 15 is 0 Å². The van der Waals surface area contributed by atoms with Crippen LogP contribution < -0.4 is 11.3 Å². The van der Waals surface area contributed by atoms with Crippen LogP contribution in [-0.2, 0) is 12.6 Å². The zero-order valence-electron chi connectivity index (χ0n) is 9.80. The van der Waals surface area contributed by atoms with Crippen LogP contribution >= 0.6 is 0 Å². The van der Waals surface area contributed by atoms with E-state index < -0.39 is 11.7 Å². The molecule has 0 bridgehead atoms. The van der Waals surface area contributed by atoms with Crippen molar-refractivity contribution in [3.63, 3.8) is 0 Å². The van der Waals surface area contributed by atoms with E-state index in [-0.39, 0.29) is 6.04 Å². The molecule has 0 heterocycles. The van der Waals surface area contributed by atoms with Crippen molar-refractivity contribution in [2.24, 2.45) is 5.84 Å². The third-order valence-electron chi connectivity index (χ3n) is 2.61. The van der Waals surface area contributed by atoms with E-state index in [1.165, 1.54) is 6.07 Å². The molecule has 0 amide bonds. The van der Waals surface area contributed by atoms with E-state index in [4.69, 9.17) is 12.3 Å². The van der Waals surface area contributed by atoms with E-state index in [0.717, 1.165) is 12.1 Å². The fraction of sp³-hybridized carbons (Fsp3) is 0.385. The largest absolute Gasteiger partial charge is 0.416 e. The molecule has 0 radical (unpaired) electrons. The Morgan fingerprint density at radius 1 is 1.39 bits per heavy atom. The summed E-state index contributed by atoms with van der Waals surface area (Å²) in [5.41, 5.74) is 2.51. The first kappa shape index (κ1) is 14.6. The molecule has 18 heavy (non-hydrogen) atoms. The molecule has 98 valence electrons. The van der Waals surface area contributed by atoms with E-state index in [9.17, 15) is 13.2 Å². The summed E-state index contributed by atoms with van der Waals surface area (Å²) in [6.07, 6.45) is 2.40. The van der Waals surface area contributed by atoms with Gasteiger partial charge in [0.2, 0.25) is 0 Å². The second-order valence-electron chi connectivity index (χ2n) is 4.01. The number of hydrogen-bond donors (Lipinski definition) is 2. The number of halogens is 3. The van der Waals surface area contributed by atoms with Crippen LogP contribution in [0, 0.1) is 12.3 Å². The number of hydrazine groups is 1. The molecule has 0 aliphatic carbocycles. The quantitative estimate of drug-likeness (QED) is 0.482. The predicted molar refractivity (Wildman–Crippen MR) is 64.3 cm³/mol. The lowest BCUT2D eigenvalue weighted by molar-refractivity contribution is -0.137. The Balaban J connectivity index is 2.75. The van der Waals surface area contributed by atoms with Crippen LogP contribution in [0.4, 0.5) is 13.2 Å². The molecule has 1 aromatic carbocycles. The number of rotatable bonds is 5. The van der Waals surface area contributed by atoms with Gasteiger partial charge in [0, 0.05) is 12.5 Å². The highest BCUT2D eigenvalue weighted by Crippen LogP contribution is 2.29. The Labute approximate surface area is 104 Å². The van der Waals surface area contributed by atoms with Gasteiger partial charge in [-0.15, -0.1) is 12.3 Å². The van der Waals surface area contributed by atoms with Gasteiger partial charge in [0.15, 0.2) is 0 Å². The molecular weight excluding hydrogens is 241 g/mol. The van der Waals surface area contributed by atoms with Gasteiger partial charge in [-0.05, 0) is 24.5 Å². The lowest BCUT2D eigenvalue weighted by Crippen LogP contribution is -2.36. The van der Waals surface area contributed by atoms with Gasteiger partial charge >= 0.3 is 6.18 Å². The molecule has 1 atom stereocenters. The molecule has 5 heteroatoms. The first-order valence-electron chi connectivity index (χ1n) is 5.53. The van der Waals surface area contributed by atoms with Gasteiger partial charge in [0.25, 0.3) is 0 Å². The molecule has 2 nitrogen and oxygen atoms in total. The molecule has 0 aliphatic rings. The van der Waals surface area contributed by atoms with Gasteiger partial charge < -0.3 is 0 Å². The van der Waals surface area contributed by atoms with E-state index in [2.05, 4.69) is 11.3 Å². The van der Waals surface area contributed by atoms with Crippen LogP contribution in [0.1, 0.15) is 24.0 Å². The second-order valence-corrected chi connectivity index (χ2v) is 4.01. The van der Waals surface area contributed by atoms with Crippen molar-refractivity contribution >= 4 is 0 Å². The van der Waals surface area contributed by atoms with Crippen LogP contribution in [0.15, 0.2) is 24.3 Å². The minimum absolute atomic E-state index is 0.121. The Morgan fingerprint density at radius 2 is 2.11 bits per heavy atom. The molecular formula is C13H15F3N2. The lowest BCUT2D eigenvalue weighted by atomic mass is 10.0. The normalized spacial score (nSPS) is 13.1. The summed E-state index contributed by atoms with van der Waals surface area (Å²) >= 11 is 0. The highest BCUT2D eigenvalue weighted by molar-refractivity contribution is 5.26. The predicted octanol–water partition coefficient (Wildman–Crippen LogP) is 2.49. The molecule has 3 N–H and O–H groups in total. The maximum Gasteiger partial charge on any atom is 0.416 e. The van der Waals surface area contributed by atoms with Crippen molar-refractivity contribution in [1.29, 1.82) is 0 Å². The fourth-order valence-electron chi connectivity index (χ4n) is 1.66. The number of nitrogens with two attached hydrogens (primary N) is 1. The molecule has 0 spiro atoms. The SMILES string of the molecule is C#CCCC(Cc1cccc(C(F)(F)F)c1)NN. The average Bonchev–Trinajstić information content (AvgIpc) is 2.33. The monoisotopic (exact) mass is 256 g/mol. The van der Waals surface area contributed by atoms with Crippen LogP contribution in [-0.4, -0.2) is 6.04 Å². The summed E-state index contributed by atoms with van der Waals surface area (Å²) in [4.78, 5) is 0. The molecule has 0 fully saturated rings. The Hall–Kier alpha value is -1.51. The first-order chi connectivity index (χ1) is 8.47. The van der Waals surface area contributed by atoms with Gasteiger partial charge in [0.05, 0.1) is 5.56 Å². The summed E-state index contributed by atoms with van der Waals surface area (Å²) < 4.78 is 37.6. The van der Waals surface area contributed by atoms with Crippen molar-refractivity contribution < 1.29 is 13.2 Å². The van der Waals surface area contributed by atoms with E-state index in [1.54, 1.807) is 6.07 Å². The van der Waals surface area contributed by atoms with Gasteiger partial charge in [-0.3, -0.25) is 11.3 Å². The van der Waals surface area contributed by atoms with Crippen LogP contribution in [0.25, 0.3) is 0 Å². The summed E-state index contributed by atoms with van der Waals surface area (Å²) in [7, 11) is 0. The van der Waals surface area contributed by atoms with Crippen molar-refractivity contribution in [1.82, 2.24) is 5.43 Å². The van der Waals surface area contributed by atoms with E-state index in [1.807, 2.05) is 0 Å². The minimum atomic E-state index is -4.32. The van der Waals surface area contributed by atoms with Crippen molar-refractivity contribution in [2.45, 2.75) is 31.5 Å². The molecule has 1 unspecified atom stereocenters. The molecule has 1 rings (SSSR count). The summed E-state index contributed by atoms with van der Waals surface area (Å²) in [5.74, 6) is 7.82. The van der Waals surface area contributed by atoms with Gasteiger partial charge in [0.1, 0.15) is 0 Å². The number of hydrogen-bond acceptors (Lipinski definition) is 2. The van der Waals surface area contributed by atoms with Gasteiger partial charge in [-0.2, -0.15) is 13.2 Å². The highest BCUT2D eigenvalue weighted by atomic mass is 19.4. The Morgan fingerprint density at radius 3 is 2.67 bits per heavy atom. The van der Waals surface area contributed by atoms with Crippen LogP contribution in [0.2, 0.25) is 0 Å². The third-order valence-corrected chi connectivity index (χ3v) is 2.61. The molecule has 0 aromatic heterocycles. The lowest BCUT2D eigenvalue weighted by Gasteiger charge is -2.15. The molecule has 0 saturated heterocycles. The van der Waals surface area contributed by atoms with Crippen LogP contribution in [0.5, 0.6) is 0 Å².